The summed E-state index contributed by atoms with van der Waals surface area (Å²) < 4.78 is 5.70. The van der Waals surface area contributed by atoms with Gasteiger partial charge in [0.05, 0.1) is 12.3 Å². The van der Waals surface area contributed by atoms with Crippen molar-refractivity contribution in [2.75, 3.05) is 32.6 Å². The molecule has 0 aliphatic heterocycles. The summed E-state index contributed by atoms with van der Waals surface area (Å²) in [6.45, 7) is 1.62. The van der Waals surface area contributed by atoms with Gasteiger partial charge >= 0.3 is 6.03 Å². The maximum Gasteiger partial charge on any atom is 0.316 e. The van der Waals surface area contributed by atoms with Crippen LogP contribution in [0.5, 0.6) is 5.75 Å². The highest BCUT2D eigenvalue weighted by molar-refractivity contribution is 7.18. The zero-order chi connectivity index (χ0) is 18.4. The number of benzene rings is 1. The molecule has 1 aromatic carbocycles. The number of nitrogens with two attached hydrogens (primary N) is 2. The lowest BCUT2D eigenvalue weighted by Crippen LogP contribution is -2.21. The molecule has 0 unspecified atom stereocenters. The number of primary amides is 2. The summed E-state index contributed by atoms with van der Waals surface area (Å²) in [5, 5.41) is 2.42. The van der Waals surface area contributed by atoms with E-state index in [1.165, 1.54) is 11.3 Å². The zero-order valence-electron chi connectivity index (χ0n) is 14.2. The fraction of sp³-hybridized carbons (Fsp3) is 0.294. The molecule has 0 aliphatic rings. The van der Waals surface area contributed by atoms with Gasteiger partial charge in [0, 0.05) is 11.4 Å². The topological polar surface area (TPSA) is 111 Å². The van der Waals surface area contributed by atoms with Gasteiger partial charge in [-0.1, -0.05) is 0 Å². The van der Waals surface area contributed by atoms with E-state index >= 15 is 0 Å². The third-order valence-electron chi connectivity index (χ3n) is 3.37. The molecule has 8 heteroatoms. The van der Waals surface area contributed by atoms with Crippen LogP contribution in [0.15, 0.2) is 30.3 Å². The van der Waals surface area contributed by atoms with Crippen molar-refractivity contribution in [1.29, 1.82) is 0 Å². The van der Waals surface area contributed by atoms with E-state index in [0.717, 1.165) is 29.2 Å². The third-order valence-corrected chi connectivity index (χ3v) is 4.57. The van der Waals surface area contributed by atoms with Crippen LogP contribution in [0.25, 0.3) is 10.4 Å². The second kappa shape index (κ2) is 8.50. The lowest BCUT2D eigenvalue weighted by atomic mass is 10.2. The lowest BCUT2D eigenvalue weighted by Gasteiger charge is -2.10. The largest absolute Gasteiger partial charge is 0.494 e. The molecule has 25 heavy (non-hydrogen) atoms. The second-order valence-corrected chi connectivity index (χ2v) is 6.79. The van der Waals surface area contributed by atoms with Gasteiger partial charge in [0.1, 0.15) is 10.6 Å². The monoisotopic (exact) mass is 362 g/mol. The van der Waals surface area contributed by atoms with Crippen molar-refractivity contribution in [3.8, 4) is 16.2 Å². The van der Waals surface area contributed by atoms with Crippen molar-refractivity contribution in [3.05, 3.63) is 35.2 Å². The molecule has 0 radical (unpaired) electrons. The second-order valence-electron chi connectivity index (χ2n) is 5.74. The van der Waals surface area contributed by atoms with Crippen molar-refractivity contribution in [3.63, 3.8) is 0 Å². The molecule has 0 fully saturated rings. The Kier molecular flexibility index (Phi) is 6.37. The van der Waals surface area contributed by atoms with Gasteiger partial charge in [-0.3, -0.25) is 4.79 Å². The van der Waals surface area contributed by atoms with Gasteiger partial charge in [-0.15, -0.1) is 11.3 Å². The number of carbonyl (C=O) groups excluding carboxylic acids is 2. The SMILES string of the molecule is CN(C)CCCOc1ccc(-c2cc(NC(N)=O)c(C(N)=O)s2)cc1. The first kappa shape index (κ1) is 18.8. The highest BCUT2D eigenvalue weighted by Gasteiger charge is 2.16. The Morgan fingerprint density at radius 2 is 1.88 bits per heavy atom. The predicted molar refractivity (Wildman–Crippen MR) is 100 cm³/mol. The molecule has 5 N–H and O–H groups in total. The number of nitrogens with zero attached hydrogens (tertiary/aromatic N) is 1. The molecule has 1 aromatic heterocycles. The smallest absolute Gasteiger partial charge is 0.316 e. The van der Waals surface area contributed by atoms with E-state index in [1.54, 1.807) is 6.07 Å². The van der Waals surface area contributed by atoms with Gasteiger partial charge in [-0.25, -0.2) is 4.79 Å². The maximum atomic E-state index is 11.5. The molecule has 0 aliphatic carbocycles. The quantitative estimate of drug-likeness (QED) is 0.626. The summed E-state index contributed by atoms with van der Waals surface area (Å²) in [4.78, 5) is 25.7. The number of hydrogen-bond acceptors (Lipinski definition) is 5. The Hall–Kier alpha value is -2.58. The highest BCUT2D eigenvalue weighted by atomic mass is 32.1. The number of amides is 3. The minimum Gasteiger partial charge on any atom is -0.494 e. The van der Waals surface area contributed by atoms with Crippen molar-refractivity contribution in [2.45, 2.75) is 6.42 Å². The number of carbonyl (C=O) groups is 2. The molecule has 0 bridgehead atoms. The fourth-order valence-corrected chi connectivity index (χ4v) is 3.20. The molecule has 7 nitrogen and oxygen atoms in total. The van der Waals surface area contributed by atoms with Crippen LogP contribution in [-0.2, 0) is 0 Å². The van der Waals surface area contributed by atoms with Gasteiger partial charge in [-0.05, 0) is 56.4 Å². The number of urea groups is 1. The molecule has 0 spiro atoms. The van der Waals surface area contributed by atoms with Crippen LogP contribution in [0, 0.1) is 0 Å². The zero-order valence-corrected chi connectivity index (χ0v) is 15.1. The van der Waals surface area contributed by atoms with E-state index in [1.807, 2.05) is 38.4 Å². The van der Waals surface area contributed by atoms with Gasteiger partial charge in [0.25, 0.3) is 5.91 Å². The minimum absolute atomic E-state index is 0.262. The van der Waals surface area contributed by atoms with E-state index < -0.39 is 11.9 Å². The van der Waals surface area contributed by atoms with Crippen LogP contribution in [0.4, 0.5) is 10.5 Å². The molecule has 2 aromatic rings. The Bertz CT molecular complexity index is 741. The first-order chi connectivity index (χ1) is 11.9. The van der Waals surface area contributed by atoms with Gasteiger partial charge in [0.15, 0.2) is 0 Å². The van der Waals surface area contributed by atoms with Crippen molar-refractivity contribution >= 4 is 29.0 Å². The molecular formula is C17H22N4O3S. The van der Waals surface area contributed by atoms with E-state index in [0.29, 0.717) is 12.3 Å². The molecule has 1 heterocycles. The third kappa shape index (κ3) is 5.47. The van der Waals surface area contributed by atoms with Crippen LogP contribution >= 0.6 is 11.3 Å². The van der Waals surface area contributed by atoms with Crippen LogP contribution in [0.3, 0.4) is 0 Å². The summed E-state index contributed by atoms with van der Waals surface area (Å²) in [6.07, 6.45) is 0.948. The minimum atomic E-state index is -0.742. The van der Waals surface area contributed by atoms with E-state index in [9.17, 15) is 9.59 Å². The number of rotatable bonds is 8. The fourth-order valence-electron chi connectivity index (χ4n) is 2.23. The Morgan fingerprint density at radius 1 is 1.20 bits per heavy atom. The molecular weight excluding hydrogens is 340 g/mol. The summed E-state index contributed by atoms with van der Waals surface area (Å²) in [6, 6.07) is 8.47. The standard InChI is InChI=1S/C17H22N4O3S/c1-21(2)8-3-9-24-12-6-4-11(5-7-12)14-10-13(20-17(19)23)15(25-14)16(18)22/h4-7,10H,3,8-9H2,1-2H3,(H2,18,22)(H3,19,20,23). The van der Waals surface area contributed by atoms with Crippen molar-refractivity contribution in [2.24, 2.45) is 11.5 Å². The Morgan fingerprint density at radius 3 is 2.44 bits per heavy atom. The number of nitrogens with one attached hydrogen (secondary N) is 1. The molecule has 0 saturated carbocycles. The average Bonchev–Trinajstić information content (AvgIpc) is 2.95. The van der Waals surface area contributed by atoms with E-state index in [4.69, 9.17) is 16.2 Å². The number of hydrogen-bond donors (Lipinski definition) is 3. The van der Waals surface area contributed by atoms with Crippen molar-refractivity contribution in [1.82, 2.24) is 4.90 Å². The Balaban J connectivity index is 2.08. The Labute approximate surface area is 150 Å². The molecule has 134 valence electrons. The average molecular weight is 362 g/mol. The molecule has 0 atom stereocenters. The summed E-state index contributed by atoms with van der Waals surface area (Å²) in [5.41, 5.74) is 11.7. The first-order valence-corrected chi connectivity index (χ1v) is 8.56. The molecule has 2 rings (SSSR count). The number of anilines is 1. The molecule has 0 saturated heterocycles. The summed E-state index contributed by atoms with van der Waals surface area (Å²) >= 11 is 1.20. The van der Waals surface area contributed by atoms with Crippen LogP contribution in [0.1, 0.15) is 16.1 Å². The van der Waals surface area contributed by atoms with E-state index in [-0.39, 0.29) is 4.88 Å². The van der Waals surface area contributed by atoms with Crippen LogP contribution < -0.4 is 21.5 Å². The summed E-state index contributed by atoms with van der Waals surface area (Å²) in [7, 11) is 4.05. The predicted octanol–water partition coefficient (Wildman–Crippen LogP) is 2.34. The van der Waals surface area contributed by atoms with E-state index in [2.05, 4.69) is 10.2 Å². The normalized spacial score (nSPS) is 10.7. The van der Waals surface area contributed by atoms with Gasteiger partial charge in [-0.2, -0.15) is 0 Å². The lowest BCUT2D eigenvalue weighted by molar-refractivity contribution is 0.100. The first-order valence-electron chi connectivity index (χ1n) is 7.75. The van der Waals surface area contributed by atoms with Crippen LogP contribution in [-0.4, -0.2) is 44.1 Å². The maximum absolute atomic E-state index is 11.5. The van der Waals surface area contributed by atoms with Gasteiger partial charge < -0.3 is 26.4 Å². The van der Waals surface area contributed by atoms with Crippen molar-refractivity contribution < 1.29 is 14.3 Å². The number of thiophene rings is 1. The van der Waals surface area contributed by atoms with Crippen LogP contribution in [0.2, 0.25) is 0 Å². The molecule has 3 amide bonds. The highest BCUT2D eigenvalue weighted by Crippen LogP contribution is 2.35. The number of ether oxygens (including phenoxy) is 1. The summed E-state index contributed by atoms with van der Waals surface area (Å²) in [5.74, 6) is 0.172. The van der Waals surface area contributed by atoms with Gasteiger partial charge in [0.2, 0.25) is 0 Å².